The van der Waals surface area contributed by atoms with Crippen LogP contribution in [0.15, 0.2) is 42.6 Å². The zero-order chi connectivity index (χ0) is 23.0. The number of hydrogen-bond acceptors (Lipinski definition) is 6. The molecule has 0 aliphatic carbocycles. The molecule has 2 heterocycles. The van der Waals surface area contributed by atoms with Gasteiger partial charge in [-0.1, -0.05) is 24.3 Å². The lowest BCUT2D eigenvalue weighted by molar-refractivity contribution is -0.250. The van der Waals surface area contributed by atoms with Gasteiger partial charge >= 0.3 is 0 Å². The Morgan fingerprint density at radius 3 is 2.31 bits per heavy atom. The number of ether oxygens (including phenoxy) is 1. The molecule has 1 saturated heterocycles. The molecule has 1 fully saturated rings. The Morgan fingerprint density at radius 2 is 1.66 bits per heavy atom. The van der Waals surface area contributed by atoms with Crippen LogP contribution in [0, 0.1) is 12.7 Å². The Hall–Kier alpha value is -2.33. The quantitative estimate of drug-likeness (QED) is 0.389. The molecule has 8 heteroatoms. The fraction of sp³-hybridized carbons (Fsp3) is 0.417. The predicted octanol–water partition coefficient (Wildman–Crippen LogP) is 1.19. The summed E-state index contributed by atoms with van der Waals surface area (Å²) >= 11 is 0. The number of benzene rings is 2. The molecule has 0 radical (unpaired) electrons. The van der Waals surface area contributed by atoms with Gasteiger partial charge in [-0.2, -0.15) is 0 Å². The molecule has 0 spiro atoms. The molecule has 0 unspecified atom stereocenters. The smallest absolute Gasteiger partial charge is 0.163 e. The van der Waals surface area contributed by atoms with Crippen molar-refractivity contribution in [3.63, 3.8) is 0 Å². The average molecular weight is 445 g/mol. The van der Waals surface area contributed by atoms with Crippen molar-refractivity contribution in [1.82, 2.24) is 4.57 Å². The van der Waals surface area contributed by atoms with Crippen molar-refractivity contribution in [3.05, 3.63) is 70.7 Å². The number of hydrogen-bond donors (Lipinski definition) is 5. The summed E-state index contributed by atoms with van der Waals surface area (Å²) in [5, 5.41) is 50.3. The van der Waals surface area contributed by atoms with Gasteiger partial charge in [-0.05, 0) is 54.2 Å². The topological polar surface area (TPSA) is 115 Å². The lowest BCUT2D eigenvalue weighted by Crippen LogP contribution is -2.56. The second kappa shape index (κ2) is 9.27. The maximum absolute atomic E-state index is 14.3. The first-order valence-electron chi connectivity index (χ1n) is 10.6. The van der Waals surface area contributed by atoms with Gasteiger partial charge in [0.2, 0.25) is 0 Å². The first kappa shape index (κ1) is 22.8. The molecule has 2 aromatic carbocycles. The Kier molecular flexibility index (Phi) is 6.62. The van der Waals surface area contributed by atoms with E-state index < -0.39 is 37.3 Å². The van der Waals surface area contributed by atoms with Gasteiger partial charge in [-0.15, -0.1) is 0 Å². The van der Waals surface area contributed by atoms with Crippen LogP contribution in [0.4, 0.5) is 4.39 Å². The van der Waals surface area contributed by atoms with Crippen molar-refractivity contribution in [2.75, 3.05) is 13.2 Å². The highest BCUT2D eigenvalue weighted by molar-refractivity contribution is 5.87. The minimum absolute atomic E-state index is 0.0739. The van der Waals surface area contributed by atoms with E-state index in [0.29, 0.717) is 29.3 Å². The highest BCUT2D eigenvalue weighted by atomic mass is 19.1. The van der Waals surface area contributed by atoms with Gasteiger partial charge in [0, 0.05) is 18.2 Å². The number of aliphatic hydroxyl groups excluding tert-OH is 5. The standard InChI is InChI=1S/C24H28FNO6/c1-13-8-17(25)10-18-16(9-15-4-2-14(3-5-15)6-7-27)11-26(20(13)18)24-23(31)22(30)21(29)19(12-28)32-24/h2-5,8,10-11,19,21-24,27-31H,6-7,9,12H2,1H3/t19-,21-,22+,23-,24-/m1/s1. The van der Waals surface area contributed by atoms with Gasteiger partial charge in [-0.25, -0.2) is 4.39 Å². The van der Waals surface area contributed by atoms with Gasteiger partial charge in [0.15, 0.2) is 6.23 Å². The molecule has 1 aromatic heterocycles. The lowest BCUT2D eigenvalue weighted by atomic mass is 9.98. The second-order valence-electron chi connectivity index (χ2n) is 8.37. The summed E-state index contributed by atoms with van der Waals surface area (Å²) < 4.78 is 21.7. The third-order valence-corrected chi connectivity index (χ3v) is 6.12. The van der Waals surface area contributed by atoms with E-state index in [0.717, 1.165) is 16.7 Å². The van der Waals surface area contributed by atoms with Crippen molar-refractivity contribution in [2.24, 2.45) is 0 Å². The van der Waals surface area contributed by atoms with E-state index in [2.05, 4.69) is 0 Å². The SMILES string of the molecule is Cc1cc(F)cc2c(Cc3ccc(CCO)cc3)cn([C@@H]3O[C@H](CO)[C@@H](O)[C@H](O)[C@H]3O)c12. The van der Waals surface area contributed by atoms with Crippen LogP contribution >= 0.6 is 0 Å². The summed E-state index contributed by atoms with van der Waals surface area (Å²) in [6.07, 6.45) is -3.71. The van der Waals surface area contributed by atoms with Crippen LogP contribution in [0.5, 0.6) is 0 Å². The van der Waals surface area contributed by atoms with E-state index in [-0.39, 0.29) is 12.4 Å². The third kappa shape index (κ3) is 4.17. The normalized spacial score (nSPS) is 26.0. The number of nitrogens with zero attached hydrogens (tertiary/aromatic N) is 1. The fourth-order valence-corrected chi connectivity index (χ4v) is 4.45. The molecule has 172 valence electrons. The van der Waals surface area contributed by atoms with E-state index in [1.807, 2.05) is 24.3 Å². The average Bonchev–Trinajstić information content (AvgIpc) is 3.12. The highest BCUT2D eigenvalue weighted by Crippen LogP contribution is 2.35. The minimum atomic E-state index is -1.51. The molecule has 32 heavy (non-hydrogen) atoms. The maximum Gasteiger partial charge on any atom is 0.163 e. The van der Waals surface area contributed by atoms with E-state index in [4.69, 9.17) is 9.84 Å². The number of aryl methyl sites for hydroxylation is 1. The zero-order valence-electron chi connectivity index (χ0n) is 17.7. The Balaban J connectivity index is 1.77. The zero-order valence-corrected chi connectivity index (χ0v) is 17.7. The van der Waals surface area contributed by atoms with E-state index in [1.165, 1.54) is 12.1 Å². The highest BCUT2D eigenvalue weighted by Gasteiger charge is 2.44. The number of aromatic nitrogens is 1. The molecule has 1 aliphatic rings. The Morgan fingerprint density at radius 1 is 0.969 bits per heavy atom. The van der Waals surface area contributed by atoms with E-state index in [1.54, 1.807) is 17.7 Å². The molecule has 5 atom stereocenters. The Bertz CT molecular complexity index is 1080. The molecular formula is C24H28FNO6. The summed E-state index contributed by atoms with van der Waals surface area (Å²) in [6.45, 7) is 1.30. The number of halogens is 1. The fourth-order valence-electron chi connectivity index (χ4n) is 4.45. The van der Waals surface area contributed by atoms with Crippen LogP contribution in [0.1, 0.15) is 28.5 Å². The summed E-state index contributed by atoms with van der Waals surface area (Å²) in [7, 11) is 0. The van der Waals surface area contributed by atoms with E-state index in [9.17, 15) is 24.8 Å². The summed E-state index contributed by atoms with van der Waals surface area (Å²) in [6, 6.07) is 10.6. The van der Waals surface area contributed by atoms with Gasteiger partial charge in [0.1, 0.15) is 30.2 Å². The molecular weight excluding hydrogens is 417 g/mol. The predicted molar refractivity (Wildman–Crippen MR) is 116 cm³/mol. The Labute approximate surface area is 184 Å². The minimum Gasteiger partial charge on any atom is -0.396 e. The summed E-state index contributed by atoms with van der Waals surface area (Å²) in [4.78, 5) is 0. The molecule has 0 amide bonds. The van der Waals surface area contributed by atoms with Crippen molar-refractivity contribution >= 4 is 10.9 Å². The van der Waals surface area contributed by atoms with Gasteiger partial charge in [-0.3, -0.25) is 0 Å². The second-order valence-corrected chi connectivity index (χ2v) is 8.37. The molecule has 1 aliphatic heterocycles. The number of aliphatic hydroxyl groups is 5. The van der Waals surface area contributed by atoms with Crippen molar-refractivity contribution in [2.45, 2.75) is 50.4 Å². The van der Waals surface area contributed by atoms with Gasteiger partial charge in [0.25, 0.3) is 0 Å². The lowest BCUT2D eigenvalue weighted by Gasteiger charge is -2.40. The van der Waals surface area contributed by atoms with Crippen LogP contribution in [-0.2, 0) is 17.6 Å². The maximum atomic E-state index is 14.3. The monoisotopic (exact) mass is 445 g/mol. The first-order chi connectivity index (χ1) is 15.3. The van der Waals surface area contributed by atoms with Gasteiger partial charge in [0.05, 0.1) is 12.1 Å². The number of fused-ring (bicyclic) bond motifs is 1. The molecule has 0 saturated carbocycles. The third-order valence-electron chi connectivity index (χ3n) is 6.12. The summed E-state index contributed by atoms with van der Waals surface area (Å²) in [5.41, 5.74) is 4.07. The first-order valence-corrected chi connectivity index (χ1v) is 10.6. The van der Waals surface area contributed by atoms with Crippen LogP contribution in [-0.4, -0.2) is 67.7 Å². The van der Waals surface area contributed by atoms with Crippen LogP contribution in [0.25, 0.3) is 10.9 Å². The van der Waals surface area contributed by atoms with Crippen LogP contribution in [0.2, 0.25) is 0 Å². The number of rotatable bonds is 6. The molecule has 7 nitrogen and oxygen atoms in total. The molecule has 5 N–H and O–H groups in total. The van der Waals surface area contributed by atoms with Crippen molar-refractivity contribution in [3.8, 4) is 0 Å². The molecule has 3 aromatic rings. The van der Waals surface area contributed by atoms with E-state index >= 15 is 0 Å². The van der Waals surface area contributed by atoms with Crippen molar-refractivity contribution in [1.29, 1.82) is 0 Å². The summed E-state index contributed by atoms with van der Waals surface area (Å²) in [5.74, 6) is -0.388. The van der Waals surface area contributed by atoms with Crippen molar-refractivity contribution < 1.29 is 34.7 Å². The largest absolute Gasteiger partial charge is 0.396 e. The molecule has 4 rings (SSSR count). The van der Waals surface area contributed by atoms with Gasteiger partial charge < -0.3 is 34.8 Å². The van der Waals surface area contributed by atoms with Crippen LogP contribution in [0.3, 0.4) is 0 Å². The van der Waals surface area contributed by atoms with Crippen LogP contribution < -0.4 is 0 Å². The molecule has 0 bridgehead atoms.